The van der Waals surface area contributed by atoms with Crippen LogP contribution < -0.4 is 11.1 Å². The van der Waals surface area contributed by atoms with E-state index in [0.717, 1.165) is 6.07 Å². The second kappa shape index (κ2) is 8.71. The molecule has 30 heavy (non-hydrogen) atoms. The smallest absolute Gasteiger partial charge is 0.248 e. The fraction of sp³-hybridized carbons (Fsp3) is 0.238. The van der Waals surface area contributed by atoms with Crippen molar-refractivity contribution in [3.05, 3.63) is 71.0 Å². The number of carbonyl (C=O) groups is 1. The summed E-state index contributed by atoms with van der Waals surface area (Å²) in [7, 11) is 0. The maximum Gasteiger partial charge on any atom is 0.248 e. The number of hydrogen-bond donors (Lipinski definition) is 2. The van der Waals surface area contributed by atoms with Gasteiger partial charge in [0.15, 0.2) is 0 Å². The molecular formula is C21H20ClF2N5O. The SMILES string of the molecule is C[C@@H](F)C[C@](C)(Nc1ncc(-c2cc(C(N)=O)ccc2F)cn1)c1ncccc1Cl. The zero-order chi connectivity index (χ0) is 21.9. The molecule has 3 N–H and O–H groups in total. The van der Waals surface area contributed by atoms with Crippen molar-refractivity contribution in [3.8, 4) is 11.1 Å². The van der Waals surface area contributed by atoms with Gasteiger partial charge in [-0.2, -0.15) is 0 Å². The molecule has 0 fully saturated rings. The second-order valence-electron chi connectivity index (χ2n) is 7.13. The minimum absolute atomic E-state index is 0.0735. The fourth-order valence-corrected chi connectivity index (χ4v) is 3.57. The van der Waals surface area contributed by atoms with Crippen molar-refractivity contribution >= 4 is 23.5 Å². The Hall–Kier alpha value is -3.13. The van der Waals surface area contributed by atoms with E-state index in [1.165, 1.54) is 31.5 Å². The molecular weight excluding hydrogens is 412 g/mol. The van der Waals surface area contributed by atoms with Crippen molar-refractivity contribution < 1.29 is 13.6 Å². The van der Waals surface area contributed by atoms with Crippen LogP contribution in [0.1, 0.15) is 36.3 Å². The van der Waals surface area contributed by atoms with Crippen molar-refractivity contribution in [3.63, 3.8) is 0 Å². The summed E-state index contributed by atoms with van der Waals surface area (Å²) in [5, 5.41) is 3.47. The lowest BCUT2D eigenvalue weighted by Gasteiger charge is -2.31. The van der Waals surface area contributed by atoms with Gasteiger partial charge in [-0.1, -0.05) is 11.6 Å². The molecule has 0 spiro atoms. The molecule has 156 valence electrons. The molecule has 2 atom stereocenters. The molecule has 2 aromatic heterocycles. The topological polar surface area (TPSA) is 93.8 Å². The third-order valence-electron chi connectivity index (χ3n) is 4.57. The summed E-state index contributed by atoms with van der Waals surface area (Å²) in [6.45, 7) is 3.19. The highest BCUT2D eigenvalue weighted by molar-refractivity contribution is 6.31. The van der Waals surface area contributed by atoms with Crippen LogP contribution in [-0.4, -0.2) is 27.0 Å². The first-order valence-electron chi connectivity index (χ1n) is 9.14. The summed E-state index contributed by atoms with van der Waals surface area (Å²) in [6.07, 6.45) is 3.30. The van der Waals surface area contributed by atoms with Crippen LogP contribution in [0.15, 0.2) is 48.9 Å². The Kier molecular flexibility index (Phi) is 6.26. The standard InChI is InChI=1S/C21H20ClF2N5O/c1-12(23)9-21(2,18-16(22)4-3-7-26-18)29-20-27-10-14(11-28-20)15-8-13(19(25)30)5-6-17(15)24/h3-8,10-12H,9H2,1-2H3,(H2,25,30)(H,27,28,29)/t12-,21+/m1/s1. The molecule has 0 saturated carbocycles. The summed E-state index contributed by atoms with van der Waals surface area (Å²) < 4.78 is 28.1. The first-order chi connectivity index (χ1) is 14.2. The van der Waals surface area contributed by atoms with Crippen LogP contribution in [0, 0.1) is 5.82 Å². The van der Waals surface area contributed by atoms with E-state index in [9.17, 15) is 13.6 Å². The van der Waals surface area contributed by atoms with Crippen LogP contribution in [-0.2, 0) is 5.54 Å². The van der Waals surface area contributed by atoms with E-state index >= 15 is 0 Å². The molecule has 3 aromatic rings. The van der Waals surface area contributed by atoms with Crippen LogP contribution in [0.5, 0.6) is 0 Å². The van der Waals surface area contributed by atoms with E-state index in [-0.39, 0.29) is 23.5 Å². The lowest BCUT2D eigenvalue weighted by molar-refractivity contribution is 0.100. The number of alkyl halides is 1. The molecule has 0 aliphatic carbocycles. The number of aromatic nitrogens is 3. The van der Waals surface area contributed by atoms with Crippen LogP contribution in [0.4, 0.5) is 14.7 Å². The average molecular weight is 432 g/mol. The number of rotatable bonds is 7. The summed E-state index contributed by atoms with van der Waals surface area (Å²) in [4.78, 5) is 24.1. The maximum absolute atomic E-state index is 14.2. The molecule has 0 aliphatic heterocycles. The third kappa shape index (κ3) is 4.71. The van der Waals surface area contributed by atoms with Gasteiger partial charge in [0.25, 0.3) is 0 Å². The monoisotopic (exact) mass is 431 g/mol. The highest BCUT2D eigenvalue weighted by atomic mass is 35.5. The Balaban J connectivity index is 1.93. The van der Waals surface area contributed by atoms with Gasteiger partial charge >= 0.3 is 0 Å². The molecule has 0 saturated heterocycles. The first-order valence-corrected chi connectivity index (χ1v) is 9.52. The van der Waals surface area contributed by atoms with Crippen molar-refractivity contribution in [2.24, 2.45) is 5.73 Å². The van der Waals surface area contributed by atoms with Crippen molar-refractivity contribution in [2.45, 2.75) is 32.0 Å². The van der Waals surface area contributed by atoms with E-state index < -0.39 is 23.4 Å². The highest BCUT2D eigenvalue weighted by Crippen LogP contribution is 2.33. The largest absolute Gasteiger partial charge is 0.366 e. The molecule has 0 bridgehead atoms. The van der Waals surface area contributed by atoms with Gasteiger partial charge in [0.1, 0.15) is 5.82 Å². The predicted octanol–water partition coefficient (Wildman–Crippen LogP) is 4.51. The Morgan fingerprint density at radius 2 is 1.97 bits per heavy atom. The molecule has 0 radical (unpaired) electrons. The number of anilines is 1. The Labute approximate surface area is 177 Å². The number of nitrogens with two attached hydrogens (primary N) is 1. The number of primary amides is 1. The third-order valence-corrected chi connectivity index (χ3v) is 4.88. The molecule has 0 unspecified atom stereocenters. The molecule has 9 heteroatoms. The number of amides is 1. The quantitative estimate of drug-likeness (QED) is 0.574. The Morgan fingerprint density at radius 3 is 2.57 bits per heavy atom. The van der Waals surface area contributed by atoms with Gasteiger partial charge in [0.05, 0.1) is 22.4 Å². The Morgan fingerprint density at radius 1 is 1.27 bits per heavy atom. The minimum atomic E-state index is -1.15. The zero-order valence-electron chi connectivity index (χ0n) is 16.4. The van der Waals surface area contributed by atoms with Crippen LogP contribution in [0.3, 0.4) is 0 Å². The molecule has 0 aliphatic rings. The molecule has 2 heterocycles. The van der Waals surface area contributed by atoms with Gasteiger partial charge in [-0.3, -0.25) is 9.78 Å². The maximum atomic E-state index is 14.2. The summed E-state index contributed by atoms with van der Waals surface area (Å²) in [5.41, 5.74) is 5.42. The number of nitrogens with one attached hydrogen (secondary N) is 1. The minimum Gasteiger partial charge on any atom is -0.366 e. The Bertz CT molecular complexity index is 1060. The van der Waals surface area contributed by atoms with Gasteiger partial charge in [0.2, 0.25) is 11.9 Å². The second-order valence-corrected chi connectivity index (χ2v) is 7.54. The average Bonchev–Trinajstić information content (AvgIpc) is 2.68. The number of nitrogens with zero attached hydrogens (tertiary/aromatic N) is 3. The summed E-state index contributed by atoms with van der Waals surface area (Å²) in [5.74, 6) is -1.02. The van der Waals surface area contributed by atoms with E-state index in [1.54, 1.807) is 25.3 Å². The molecule has 1 aromatic carbocycles. The molecule has 6 nitrogen and oxygen atoms in total. The van der Waals surface area contributed by atoms with E-state index in [1.807, 2.05) is 0 Å². The van der Waals surface area contributed by atoms with Gasteiger partial charge in [-0.05, 0) is 44.2 Å². The van der Waals surface area contributed by atoms with E-state index in [4.69, 9.17) is 17.3 Å². The van der Waals surface area contributed by atoms with Gasteiger partial charge in [-0.25, -0.2) is 18.7 Å². The van der Waals surface area contributed by atoms with Crippen molar-refractivity contribution in [2.75, 3.05) is 5.32 Å². The lowest BCUT2D eigenvalue weighted by atomic mass is 9.91. The molecule has 3 rings (SSSR count). The highest BCUT2D eigenvalue weighted by Gasteiger charge is 2.33. The molecule has 1 amide bonds. The number of benzene rings is 1. The lowest BCUT2D eigenvalue weighted by Crippen LogP contribution is -2.36. The van der Waals surface area contributed by atoms with Gasteiger partial charge in [0, 0.05) is 41.7 Å². The van der Waals surface area contributed by atoms with Crippen molar-refractivity contribution in [1.29, 1.82) is 0 Å². The number of carbonyl (C=O) groups excluding carboxylic acids is 1. The van der Waals surface area contributed by atoms with Gasteiger partial charge < -0.3 is 11.1 Å². The van der Waals surface area contributed by atoms with E-state index in [2.05, 4.69) is 20.3 Å². The number of pyridine rings is 1. The normalized spacial score (nSPS) is 14.0. The first kappa shape index (κ1) is 21.6. The number of halogens is 3. The predicted molar refractivity (Wildman–Crippen MR) is 111 cm³/mol. The van der Waals surface area contributed by atoms with Crippen LogP contribution in [0.25, 0.3) is 11.1 Å². The van der Waals surface area contributed by atoms with Crippen LogP contribution >= 0.6 is 11.6 Å². The van der Waals surface area contributed by atoms with E-state index in [0.29, 0.717) is 16.3 Å². The fourth-order valence-electron chi connectivity index (χ4n) is 3.24. The van der Waals surface area contributed by atoms with Crippen molar-refractivity contribution in [1.82, 2.24) is 15.0 Å². The van der Waals surface area contributed by atoms with Crippen LogP contribution in [0.2, 0.25) is 5.02 Å². The summed E-state index contributed by atoms with van der Waals surface area (Å²) in [6, 6.07) is 7.16. The van der Waals surface area contributed by atoms with Gasteiger partial charge in [-0.15, -0.1) is 0 Å². The number of hydrogen-bond acceptors (Lipinski definition) is 5. The summed E-state index contributed by atoms with van der Waals surface area (Å²) >= 11 is 6.28. The zero-order valence-corrected chi connectivity index (χ0v) is 17.1.